The maximum atomic E-state index is 14.8. The number of hydrazine groups is 1. The van der Waals surface area contributed by atoms with E-state index in [9.17, 15) is 32.3 Å². The number of methoxy groups -OCH3 is 1. The Bertz CT molecular complexity index is 2690. The first-order valence-corrected chi connectivity index (χ1v) is 27.0. The minimum absolute atomic E-state index is 0.0262. The Kier molecular flexibility index (Phi) is 17.9. The number of piperazine rings is 1. The highest BCUT2D eigenvalue weighted by atomic mass is 79.9. The Labute approximate surface area is 451 Å². The lowest BCUT2D eigenvalue weighted by molar-refractivity contribution is -0.155. The first-order valence-electron chi connectivity index (χ1n) is 26.2. The number of alkyl carbamates (subject to hydrolysis) is 1. The van der Waals surface area contributed by atoms with E-state index in [0.717, 1.165) is 37.4 Å². The van der Waals surface area contributed by atoms with Gasteiger partial charge < -0.3 is 43.4 Å². The van der Waals surface area contributed by atoms with Gasteiger partial charge in [0, 0.05) is 85.2 Å². The zero-order valence-corrected chi connectivity index (χ0v) is 46.1. The molecule has 4 atom stereocenters. The van der Waals surface area contributed by atoms with Gasteiger partial charge in [-0.1, -0.05) is 60.1 Å². The number of nitrogens with one attached hydrogen (secondary N) is 2. The van der Waals surface area contributed by atoms with Crippen molar-refractivity contribution in [3.63, 3.8) is 0 Å². The van der Waals surface area contributed by atoms with E-state index in [1.165, 1.54) is 27.3 Å². The van der Waals surface area contributed by atoms with Gasteiger partial charge in [0.2, 0.25) is 0 Å². The van der Waals surface area contributed by atoms with Gasteiger partial charge in [-0.25, -0.2) is 15.0 Å². The van der Waals surface area contributed by atoms with E-state index >= 15 is 0 Å². The van der Waals surface area contributed by atoms with Crippen molar-refractivity contribution >= 4 is 56.6 Å². The summed E-state index contributed by atoms with van der Waals surface area (Å²) in [6.45, 7) is 13.6. The third-order valence-corrected chi connectivity index (χ3v) is 14.7. The van der Waals surface area contributed by atoms with Gasteiger partial charge in [-0.05, 0) is 95.2 Å². The van der Waals surface area contributed by atoms with Crippen molar-refractivity contribution in [3.8, 4) is 11.3 Å². The van der Waals surface area contributed by atoms with Gasteiger partial charge in [-0.15, -0.1) is 0 Å². The molecule has 2 N–H and O–H groups in total. The van der Waals surface area contributed by atoms with E-state index in [1.807, 2.05) is 51.1 Å². The Hall–Kier alpha value is -5.48. The maximum Gasteiger partial charge on any atom is 0.410 e. The molecule has 5 heterocycles. The summed E-state index contributed by atoms with van der Waals surface area (Å²) in [4.78, 5) is 66.1. The van der Waals surface area contributed by atoms with Crippen LogP contribution in [0, 0.1) is 5.41 Å². The van der Waals surface area contributed by atoms with Gasteiger partial charge >= 0.3 is 24.3 Å². The van der Waals surface area contributed by atoms with Gasteiger partial charge in [0.05, 0.1) is 55.2 Å². The zero-order chi connectivity index (χ0) is 54.5. The second-order valence-corrected chi connectivity index (χ2v) is 23.0. The molecular weight excluding hydrogens is 1050 g/mol. The lowest BCUT2D eigenvalue weighted by Crippen LogP contribution is -2.61. The number of hydrogen-bond acceptors (Lipinski definition) is 13. The molecule has 0 spiro atoms. The van der Waals surface area contributed by atoms with Crippen LogP contribution in [0.5, 0.6) is 0 Å². The van der Waals surface area contributed by atoms with Crippen molar-refractivity contribution in [3.05, 3.63) is 82.1 Å². The van der Waals surface area contributed by atoms with Crippen LogP contribution in [-0.4, -0.2) is 151 Å². The van der Waals surface area contributed by atoms with Crippen molar-refractivity contribution in [2.24, 2.45) is 5.41 Å². The fraction of sp³-hybridized carbons (Fsp3) is 0.582. The summed E-state index contributed by atoms with van der Waals surface area (Å²) < 4.78 is 75.5. The molecule has 3 aliphatic heterocycles. The van der Waals surface area contributed by atoms with E-state index in [1.54, 1.807) is 58.3 Å². The molecular formula is C55H72BrF3N8O9. The van der Waals surface area contributed by atoms with E-state index in [-0.39, 0.29) is 52.3 Å². The van der Waals surface area contributed by atoms with Crippen LogP contribution in [0.4, 0.5) is 28.4 Å². The zero-order valence-electron chi connectivity index (χ0n) is 44.6. The molecule has 4 fully saturated rings. The highest BCUT2D eigenvalue weighted by Crippen LogP contribution is 2.44. The molecule has 414 valence electrons. The molecule has 76 heavy (non-hydrogen) atoms. The fourth-order valence-electron chi connectivity index (χ4n) is 10.2. The Balaban J connectivity index is 1.01. The minimum atomic E-state index is -4.58. The van der Waals surface area contributed by atoms with Crippen molar-refractivity contribution in [1.82, 2.24) is 35.1 Å². The Morgan fingerprint density at radius 3 is 2.36 bits per heavy atom. The molecule has 2 aromatic heterocycles. The number of anilines is 1. The van der Waals surface area contributed by atoms with Gasteiger partial charge in [-0.3, -0.25) is 24.5 Å². The van der Waals surface area contributed by atoms with Crippen LogP contribution < -0.4 is 15.6 Å². The van der Waals surface area contributed by atoms with Gasteiger partial charge in [0.25, 0.3) is 5.91 Å². The molecule has 21 heteroatoms. The lowest BCUT2D eigenvalue weighted by atomic mass is 9.84. The van der Waals surface area contributed by atoms with Crippen molar-refractivity contribution < 1.29 is 56.0 Å². The molecule has 3 amide bonds. The number of hydrogen-bond donors (Lipinski definition) is 2. The summed E-state index contributed by atoms with van der Waals surface area (Å²) in [7, 11) is 1.55. The van der Waals surface area contributed by atoms with Crippen LogP contribution in [0.15, 0.2) is 65.3 Å². The van der Waals surface area contributed by atoms with E-state index < -0.39 is 72.1 Å². The van der Waals surface area contributed by atoms with Gasteiger partial charge in [0.1, 0.15) is 30.8 Å². The number of carbonyl (C=O) groups is 4. The number of pyridine rings is 1. The third kappa shape index (κ3) is 14.8. The number of amides is 3. The van der Waals surface area contributed by atoms with Crippen molar-refractivity contribution in [1.29, 1.82) is 0 Å². The SMILES string of the molecule is CO[C@@H](C)c1ncc(N2CCN(C3CC3)CC2)cc1-c1c(CC(C)(C)COC(=O)[C@@H]2CCCN(C(=O)[C@H](C[C@H]3CN(C(=O)OC(C)(C)C)CCO3)NC(=O)OCc3ccccc3)N2)c2cc(Br)ccc2n1CC(F)(F)F. The molecule has 3 saturated heterocycles. The third-order valence-electron chi connectivity index (χ3n) is 14.2. The number of morpholine rings is 1. The molecule has 0 bridgehead atoms. The highest BCUT2D eigenvalue weighted by Gasteiger charge is 2.39. The normalized spacial score (nSPS) is 19.8. The Morgan fingerprint density at radius 1 is 0.934 bits per heavy atom. The van der Waals surface area contributed by atoms with E-state index in [4.69, 9.17) is 28.7 Å². The molecule has 8 rings (SSSR count). The number of aromatic nitrogens is 2. The van der Waals surface area contributed by atoms with Crippen molar-refractivity contribution in [2.75, 3.05) is 71.0 Å². The summed E-state index contributed by atoms with van der Waals surface area (Å²) in [6.07, 6.45) is -2.05. The van der Waals surface area contributed by atoms with Crippen molar-refractivity contribution in [2.45, 2.75) is 135 Å². The summed E-state index contributed by atoms with van der Waals surface area (Å²) in [5.74, 6) is -1.18. The fourth-order valence-corrected chi connectivity index (χ4v) is 10.6. The minimum Gasteiger partial charge on any atom is -0.464 e. The largest absolute Gasteiger partial charge is 0.464 e. The Morgan fingerprint density at radius 2 is 1.67 bits per heavy atom. The number of rotatable bonds is 17. The number of ether oxygens (including phenoxy) is 5. The number of halogens is 4. The number of fused-ring (bicyclic) bond motifs is 1. The van der Waals surface area contributed by atoms with Crippen LogP contribution in [0.2, 0.25) is 0 Å². The molecule has 17 nitrogen and oxygen atoms in total. The quantitative estimate of drug-likeness (QED) is 0.0760. The molecule has 4 aliphatic rings. The maximum absolute atomic E-state index is 14.8. The number of nitrogens with zero attached hydrogens (tertiary/aromatic N) is 6. The number of esters is 1. The van der Waals surface area contributed by atoms with Crippen LogP contribution in [0.25, 0.3) is 22.2 Å². The predicted octanol–water partition coefficient (Wildman–Crippen LogP) is 8.95. The number of carbonyl (C=O) groups excluding carboxylic acids is 4. The van der Waals surface area contributed by atoms with Gasteiger partial charge in [0.15, 0.2) is 0 Å². The number of benzene rings is 2. The van der Waals surface area contributed by atoms with Crippen LogP contribution >= 0.6 is 15.9 Å². The monoisotopic (exact) mass is 1120 g/mol. The van der Waals surface area contributed by atoms with E-state index in [0.29, 0.717) is 56.8 Å². The first-order chi connectivity index (χ1) is 36.0. The first kappa shape index (κ1) is 56.7. The van der Waals surface area contributed by atoms with Crippen LogP contribution in [-0.2, 0) is 52.8 Å². The second kappa shape index (κ2) is 24.0. The second-order valence-electron chi connectivity index (χ2n) is 22.1. The smallest absolute Gasteiger partial charge is 0.410 e. The molecule has 0 unspecified atom stereocenters. The molecule has 4 aromatic rings. The summed E-state index contributed by atoms with van der Waals surface area (Å²) in [6, 6.07) is 14.8. The van der Waals surface area contributed by atoms with Gasteiger partial charge in [-0.2, -0.15) is 13.2 Å². The predicted molar refractivity (Wildman–Crippen MR) is 283 cm³/mol. The topological polar surface area (TPSA) is 169 Å². The summed E-state index contributed by atoms with van der Waals surface area (Å²) in [5, 5.41) is 4.61. The molecule has 2 aromatic carbocycles. The summed E-state index contributed by atoms with van der Waals surface area (Å²) in [5.41, 5.74) is 5.44. The lowest BCUT2D eigenvalue weighted by Gasteiger charge is -2.38. The average Bonchev–Trinajstić information content (AvgIpc) is 4.22. The van der Waals surface area contributed by atoms with E-state index in [2.05, 4.69) is 36.5 Å². The molecule has 1 saturated carbocycles. The highest BCUT2D eigenvalue weighted by molar-refractivity contribution is 9.10. The number of alkyl halides is 3. The van der Waals surface area contributed by atoms with Crippen LogP contribution in [0.3, 0.4) is 0 Å². The van der Waals surface area contributed by atoms with Crippen LogP contribution in [0.1, 0.15) is 96.6 Å². The molecule has 0 radical (unpaired) electrons. The summed E-state index contributed by atoms with van der Waals surface area (Å²) >= 11 is 3.58. The standard InChI is InChI=1S/C55H72BrF3N8O9/c1-35(72-7)47-42(27-39(30-60-47)64-22-20-63(21-23-64)38-16-17-38)48-43(41-26-37(56)15-18-46(41)66(48)33-55(57,58)59)29-54(5,6)34-75-50(69)44-14-11-19-67(62-44)49(68)45(61-51(70)74-32-36-12-9-8-10-13-36)28-40-31-65(24-25-73-40)52(71)76-53(2,3)4/h8-10,12-13,15,18,26-27,30,35,38,40,44-45,62H,11,14,16-17,19-25,28-29,31-34H2,1-7H3,(H,61,70)/t35-,40-,44-,45-/m0/s1. The average molecular weight is 1130 g/mol. The molecule has 1 aliphatic carbocycles.